The van der Waals surface area contributed by atoms with Gasteiger partial charge in [0, 0.05) is 32.7 Å². The number of aromatic nitrogens is 2. The fraction of sp³-hybridized carbons (Fsp3) is 0.381. The van der Waals surface area contributed by atoms with Crippen LogP contribution in [-0.2, 0) is 17.8 Å². The molecule has 2 heterocycles. The highest BCUT2D eigenvalue weighted by Crippen LogP contribution is 2.19. The number of nitrogens with zero attached hydrogens (tertiary/aromatic N) is 4. The molecular formula is C21H25N5O2. The second kappa shape index (κ2) is 8.50. The number of piperazine rings is 1. The smallest absolute Gasteiger partial charge is 0.238 e. The molecule has 1 aromatic heterocycles. The number of aryl methyl sites for hydroxylation is 1. The number of fused-ring (bicyclic) bond motifs is 1. The van der Waals surface area contributed by atoms with Crippen molar-refractivity contribution in [1.29, 1.82) is 0 Å². The molecule has 0 spiro atoms. The van der Waals surface area contributed by atoms with Gasteiger partial charge in [-0.15, -0.1) is 0 Å². The van der Waals surface area contributed by atoms with Crippen molar-refractivity contribution in [2.75, 3.05) is 38.0 Å². The van der Waals surface area contributed by atoms with Crippen LogP contribution in [0.15, 0.2) is 47.1 Å². The van der Waals surface area contributed by atoms with E-state index in [2.05, 4.69) is 56.6 Å². The molecule has 146 valence electrons. The van der Waals surface area contributed by atoms with E-state index >= 15 is 0 Å². The van der Waals surface area contributed by atoms with Gasteiger partial charge in [-0.1, -0.05) is 37.3 Å². The number of carbonyl (C=O) groups is 1. The van der Waals surface area contributed by atoms with E-state index < -0.39 is 0 Å². The van der Waals surface area contributed by atoms with E-state index in [-0.39, 0.29) is 5.91 Å². The second-order valence-electron chi connectivity index (χ2n) is 7.21. The number of rotatable bonds is 6. The number of benzene rings is 2. The Bertz CT molecular complexity index is 929. The molecule has 1 aliphatic rings. The average Bonchev–Trinajstić information content (AvgIpc) is 3.20. The highest BCUT2D eigenvalue weighted by molar-refractivity contribution is 5.99. The van der Waals surface area contributed by atoms with Gasteiger partial charge in [-0.2, -0.15) is 0 Å². The lowest BCUT2D eigenvalue weighted by molar-refractivity contribution is -0.117. The number of carbonyl (C=O) groups excluding carboxylic acids is 1. The van der Waals surface area contributed by atoms with E-state index in [9.17, 15) is 4.79 Å². The summed E-state index contributed by atoms with van der Waals surface area (Å²) >= 11 is 0. The van der Waals surface area contributed by atoms with Gasteiger partial charge in [0.15, 0.2) is 5.52 Å². The summed E-state index contributed by atoms with van der Waals surface area (Å²) in [6, 6.07) is 14.3. The summed E-state index contributed by atoms with van der Waals surface area (Å²) in [5, 5.41) is 10.6. The minimum atomic E-state index is -0.0425. The van der Waals surface area contributed by atoms with Crippen LogP contribution in [0, 0.1) is 0 Å². The van der Waals surface area contributed by atoms with Gasteiger partial charge >= 0.3 is 0 Å². The van der Waals surface area contributed by atoms with Crippen molar-refractivity contribution < 1.29 is 9.42 Å². The minimum Gasteiger partial charge on any atom is -0.323 e. The molecule has 0 atom stereocenters. The van der Waals surface area contributed by atoms with Crippen LogP contribution >= 0.6 is 0 Å². The summed E-state index contributed by atoms with van der Waals surface area (Å²) in [5.41, 5.74) is 4.57. The normalized spacial score (nSPS) is 15.8. The zero-order valence-corrected chi connectivity index (χ0v) is 16.1. The molecule has 4 rings (SSSR count). The van der Waals surface area contributed by atoms with Gasteiger partial charge in [0.2, 0.25) is 5.91 Å². The first-order valence-corrected chi connectivity index (χ1v) is 9.75. The molecule has 3 aromatic rings. The fourth-order valence-electron chi connectivity index (χ4n) is 3.54. The largest absolute Gasteiger partial charge is 0.323 e. The van der Waals surface area contributed by atoms with E-state index in [0.29, 0.717) is 23.3 Å². The third kappa shape index (κ3) is 4.37. The fourth-order valence-corrected chi connectivity index (χ4v) is 3.54. The lowest BCUT2D eigenvalue weighted by Gasteiger charge is -2.34. The molecule has 0 bridgehead atoms. The van der Waals surface area contributed by atoms with Gasteiger partial charge in [-0.25, -0.2) is 4.63 Å². The van der Waals surface area contributed by atoms with Crippen molar-refractivity contribution in [2.45, 2.75) is 19.9 Å². The predicted molar refractivity (Wildman–Crippen MR) is 108 cm³/mol. The zero-order valence-electron chi connectivity index (χ0n) is 16.1. The first-order valence-electron chi connectivity index (χ1n) is 9.75. The maximum absolute atomic E-state index is 12.4. The van der Waals surface area contributed by atoms with E-state index in [1.54, 1.807) is 6.07 Å². The first-order chi connectivity index (χ1) is 13.7. The molecule has 7 nitrogen and oxygen atoms in total. The van der Waals surface area contributed by atoms with Gasteiger partial charge in [-0.3, -0.25) is 14.6 Å². The van der Waals surface area contributed by atoms with Gasteiger partial charge in [0.1, 0.15) is 5.52 Å². The molecular weight excluding hydrogens is 354 g/mol. The van der Waals surface area contributed by atoms with Crippen molar-refractivity contribution in [3.8, 4) is 0 Å². The highest BCUT2D eigenvalue weighted by Gasteiger charge is 2.19. The standard InChI is InChI=1S/C21H25N5O2/c1-2-16-6-8-17(9-7-16)14-25-10-12-26(13-11-25)15-20(27)22-18-4-3-5-19-21(18)24-28-23-19/h3-9H,2,10-15H2,1H3,(H,22,27). The molecule has 7 heteroatoms. The van der Waals surface area contributed by atoms with Crippen molar-refractivity contribution in [1.82, 2.24) is 20.1 Å². The van der Waals surface area contributed by atoms with Gasteiger partial charge in [0.05, 0.1) is 12.2 Å². The number of anilines is 1. The molecule has 0 aliphatic carbocycles. The van der Waals surface area contributed by atoms with Crippen molar-refractivity contribution in [3.05, 3.63) is 53.6 Å². The van der Waals surface area contributed by atoms with Crippen LogP contribution in [0.3, 0.4) is 0 Å². The third-order valence-corrected chi connectivity index (χ3v) is 5.23. The Balaban J connectivity index is 1.25. The average molecular weight is 379 g/mol. The molecule has 0 saturated carbocycles. The van der Waals surface area contributed by atoms with Crippen LogP contribution in [0.2, 0.25) is 0 Å². The van der Waals surface area contributed by atoms with Crippen LogP contribution in [0.1, 0.15) is 18.1 Å². The number of hydrogen-bond donors (Lipinski definition) is 1. The topological polar surface area (TPSA) is 74.5 Å². The van der Waals surface area contributed by atoms with Crippen LogP contribution in [0.5, 0.6) is 0 Å². The Morgan fingerprint density at radius 2 is 1.71 bits per heavy atom. The van der Waals surface area contributed by atoms with Crippen molar-refractivity contribution >= 4 is 22.6 Å². The first kappa shape index (κ1) is 18.6. The van der Waals surface area contributed by atoms with Crippen LogP contribution < -0.4 is 5.32 Å². The number of nitrogens with one attached hydrogen (secondary N) is 1. The predicted octanol–water partition coefficient (Wildman–Crippen LogP) is 2.54. The van der Waals surface area contributed by atoms with E-state index in [4.69, 9.17) is 4.63 Å². The summed E-state index contributed by atoms with van der Waals surface area (Å²) in [5.74, 6) is -0.0425. The quantitative estimate of drug-likeness (QED) is 0.709. The monoisotopic (exact) mass is 379 g/mol. The SMILES string of the molecule is CCc1ccc(CN2CCN(CC(=O)Nc3cccc4nonc34)CC2)cc1. The lowest BCUT2D eigenvalue weighted by Crippen LogP contribution is -2.48. The Morgan fingerprint density at radius 1 is 1.00 bits per heavy atom. The summed E-state index contributed by atoms with van der Waals surface area (Å²) in [6.45, 7) is 7.21. The van der Waals surface area contributed by atoms with Crippen LogP contribution in [0.4, 0.5) is 5.69 Å². The Hall–Kier alpha value is -2.77. The maximum Gasteiger partial charge on any atom is 0.238 e. The second-order valence-corrected chi connectivity index (χ2v) is 7.21. The third-order valence-electron chi connectivity index (χ3n) is 5.23. The van der Waals surface area contributed by atoms with Gasteiger partial charge < -0.3 is 5.32 Å². The van der Waals surface area contributed by atoms with E-state index in [1.165, 1.54) is 11.1 Å². The molecule has 1 saturated heterocycles. The van der Waals surface area contributed by atoms with E-state index in [0.717, 1.165) is 39.1 Å². The number of amides is 1. The summed E-state index contributed by atoms with van der Waals surface area (Å²) in [6.07, 6.45) is 1.07. The Labute approximate surface area is 164 Å². The maximum atomic E-state index is 12.4. The summed E-state index contributed by atoms with van der Waals surface area (Å²) in [7, 11) is 0. The molecule has 1 amide bonds. The molecule has 2 aromatic carbocycles. The molecule has 0 unspecified atom stereocenters. The summed E-state index contributed by atoms with van der Waals surface area (Å²) in [4.78, 5) is 17.1. The van der Waals surface area contributed by atoms with Crippen molar-refractivity contribution in [3.63, 3.8) is 0 Å². The van der Waals surface area contributed by atoms with Crippen LogP contribution in [0.25, 0.3) is 11.0 Å². The van der Waals surface area contributed by atoms with Crippen LogP contribution in [-0.4, -0.2) is 58.7 Å². The van der Waals surface area contributed by atoms with E-state index in [1.807, 2.05) is 12.1 Å². The molecule has 1 fully saturated rings. The Morgan fingerprint density at radius 3 is 2.46 bits per heavy atom. The van der Waals surface area contributed by atoms with Gasteiger partial charge in [-0.05, 0) is 40.0 Å². The summed E-state index contributed by atoms with van der Waals surface area (Å²) < 4.78 is 4.74. The van der Waals surface area contributed by atoms with Gasteiger partial charge in [0.25, 0.3) is 0 Å². The number of hydrogen-bond acceptors (Lipinski definition) is 6. The minimum absolute atomic E-state index is 0.0425. The zero-order chi connectivity index (χ0) is 19.3. The highest BCUT2D eigenvalue weighted by atomic mass is 16.6. The lowest BCUT2D eigenvalue weighted by atomic mass is 10.1. The molecule has 1 N–H and O–H groups in total. The van der Waals surface area contributed by atoms with Crippen molar-refractivity contribution in [2.24, 2.45) is 0 Å². The molecule has 0 radical (unpaired) electrons. The molecule has 1 aliphatic heterocycles. The molecule has 28 heavy (non-hydrogen) atoms. The Kier molecular flexibility index (Phi) is 5.64.